The Kier molecular flexibility index (Phi) is 7.67. The van der Waals surface area contributed by atoms with Crippen LogP contribution in [0.4, 0.5) is 5.13 Å². The normalized spacial score (nSPS) is 20.0. The number of nitrogens with two attached hydrogens (primary N) is 1. The first kappa shape index (κ1) is 24.7. The van der Waals surface area contributed by atoms with Gasteiger partial charge in [0.2, 0.25) is 11.5 Å². The van der Waals surface area contributed by atoms with E-state index >= 15 is 0 Å². The van der Waals surface area contributed by atoms with Crippen LogP contribution in [0, 0.1) is 0 Å². The number of allylic oxidation sites excluding steroid dienone is 1. The summed E-state index contributed by atoms with van der Waals surface area (Å²) in [7, 11) is 0. The Morgan fingerprint density at radius 2 is 2.29 bits per heavy atom. The van der Waals surface area contributed by atoms with Gasteiger partial charge >= 0.3 is 5.97 Å². The average Bonchev–Trinajstić information content (AvgIpc) is 3.28. The number of oxime groups is 1. The van der Waals surface area contributed by atoms with E-state index < -0.39 is 29.2 Å². The summed E-state index contributed by atoms with van der Waals surface area (Å²) >= 11 is 3.57. The molecule has 2 atom stereocenters. The Bertz CT molecular complexity index is 1230. The molecule has 0 aromatic carbocycles. The van der Waals surface area contributed by atoms with Crippen molar-refractivity contribution in [2.45, 2.75) is 23.4 Å². The molecule has 2 aliphatic rings. The second-order valence-corrected chi connectivity index (χ2v) is 9.76. The lowest BCUT2D eigenvalue weighted by Crippen LogP contribution is -2.71. The van der Waals surface area contributed by atoms with Gasteiger partial charge in [-0.15, -0.1) is 11.8 Å². The molecule has 1 saturated heterocycles. The molecule has 4 rings (SSSR count). The van der Waals surface area contributed by atoms with Gasteiger partial charge in [0.1, 0.15) is 28.7 Å². The van der Waals surface area contributed by atoms with Gasteiger partial charge in [-0.3, -0.25) is 14.5 Å². The summed E-state index contributed by atoms with van der Waals surface area (Å²) in [5.41, 5.74) is 5.75. The lowest BCUT2D eigenvalue weighted by Gasteiger charge is -2.49. The number of anilines is 1. The quantitative estimate of drug-likeness (QED) is 0.183. The second kappa shape index (κ2) is 10.9. The van der Waals surface area contributed by atoms with Gasteiger partial charge in [0.25, 0.3) is 11.8 Å². The molecule has 0 bridgehead atoms. The number of aromatic nitrogens is 3. The Hall–Kier alpha value is -3.43. The first-order valence-corrected chi connectivity index (χ1v) is 12.9. The molecule has 0 radical (unpaired) electrons. The van der Waals surface area contributed by atoms with Crippen LogP contribution in [0.25, 0.3) is 0 Å². The van der Waals surface area contributed by atoms with E-state index in [1.54, 1.807) is 30.7 Å². The highest BCUT2D eigenvalue weighted by atomic mass is 32.2. The molecule has 4 heterocycles. The zero-order chi connectivity index (χ0) is 24.9. The molecular formula is C20H19N7O5S3. The number of nitrogen functional groups attached to an aromatic ring is 1. The van der Waals surface area contributed by atoms with Crippen LogP contribution in [-0.4, -0.2) is 71.6 Å². The number of nitrogens with zero attached hydrogens (tertiary/aromatic N) is 5. The molecule has 1 fully saturated rings. The zero-order valence-corrected chi connectivity index (χ0v) is 20.6. The lowest BCUT2D eigenvalue weighted by atomic mass is 10.0. The van der Waals surface area contributed by atoms with Gasteiger partial charge < -0.3 is 21.0 Å². The van der Waals surface area contributed by atoms with Crippen LogP contribution >= 0.6 is 35.1 Å². The van der Waals surface area contributed by atoms with Crippen molar-refractivity contribution in [3.05, 3.63) is 53.0 Å². The maximum absolute atomic E-state index is 12.9. The van der Waals surface area contributed by atoms with Crippen LogP contribution in [0.15, 0.2) is 57.3 Å². The van der Waals surface area contributed by atoms with Crippen LogP contribution in [0.1, 0.15) is 12.7 Å². The number of fused-ring (bicyclic) bond motifs is 1. The molecule has 2 aromatic rings. The number of carboxylic acids is 1. The Morgan fingerprint density at radius 1 is 1.46 bits per heavy atom. The summed E-state index contributed by atoms with van der Waals surface area (Å²) in [5.74, 6) is -2.18. The fourth-order valence-electron chi connectivity index (χ4n) is 3.23. The highest BCUT2D eigenvalue weighted by Crippen LogP contribution is 2.41. The molecule has 0 saturated carbocycles. The van der Waals surface area contributed by atoms with Gasteiger partial charge in [0.15, 0.2) is 5.13 Å². The minimum atomic E-state index is -1.23. The van der Waals surface area contributed by atoms with Crippen LogP contribution in [0.5, 0.6) is 0 Å². The van der Waals surface area contributed by atoms with Crippen molar-refractivity contribution in [1.82, 2.24) is 24.6 Å². The molecule has 2 aromatic heterocycles. The largest absolute Gasteiger partial charge is 0.477 e. The highest BCUT2D eigenvalue weighted by Gasteiger charge is 2.54. The van der Waals surface area contributed by atoms with Crippen LogP contribution in [-0.2, 0) is 19.2 Å². The fourth-order valence-corrected chi connectivity index (χ4v) is 5.63. The van der Waals surface area contributed by atoms with Crippen LogP contribution in [0.3, 0.4) is 0 Å². The lowest BCUT2D eigenvalue weighted by molar-refractivity contribution is -0.150. The zero-order valence-electron chi connectivity index (χ0n) is 18.2. The molecule has 4 N–H and O–H groups in total. The van der Waals surface area contributed by atoms with Gasteiger partial charge in [0, 0.05) is 23.5 Å². The smallest absolute Gasteiger partial charge is 0.352 e. The molecule has 15 heteroatoms. The summed E-state index contributed by atoms with van der Waals surface area (Å²) in [6.07, 6.45) is 3.33. The third-order valence-electron chi connectivity index (χ3n) is 4.74. The fraction of sp³-hybridized carbons (Fsp3) is 0.250. The van der Waals surface area contributed by atoms with Gasteiger partial charge in [-0.1, -0.05) is 23.0 Å². The minimum Gasteiger partial charge on any atom is -0.477 e. The first-order valence-electron chi connectivity index (χ1n) is 10.2. The van der Waals surface area contributed by atoms with Crippen molar-refractivity contribution in [2.75, 3.05) is 18.1 Å². The van der Waals surface area contributed by atoms with E-state index in [2.05, 4.69) is 24.8 Å². The van der Waals surface area contributed by atoms with E-state index in [1.165, 1.54) is 28.4 Å². The maximum atomic E-state index is 12.9. The van der Waals surface area contributed by atoms with E-state index in [1.807, 2.05) is 12.1 Å². The number of rotatable bonds is 9. The van der Waals surface area contributed by atoms with Gasteiger partial charge in [-0.2, -0.15) is 9.36 Å². The van der Waals surface area contributed by atoms with E-state index in [0.29, 0.717) is 11.3 Å². The number of carbonyl (C=O) groups excluding carboxylic acids is 2. The summed E-state index contributed by atoms with van der Waals surface area (Å²) < 4.78 is 3.97. The number of nitrogens with one attached hydrogen (secondary N) is 1. The van der Waals surface area contributed by atoms with Gasteiger partial charge in [0.05, 0.1) is 0 Å². The van der Waals surface area contributed by atoms with Crippen molar-refractivity contribution in [1.29, 1.82) is 0 Å². The Labute approximate surface area is 211 Å². The maximum Gasteiger partial charge on any atom is 0.352 e. The van der Waals surface area contributed by atoms with E-state index in [4.69, 9.17) is 10.6 Å². The third-order valence-corrected chi connectivity index (χ3v) is 7.34. The SMILES string of the molecule is CCO/N=C(/C(=O)NC1C(=O)N2C(C(=O)O)=C(/C=C/Sc3ccccn3)CSC12)c1nsc(N)n1. The number of thioether (sulfide) groups is 2. The highest BCUT2D eigenvalue weighted by molar-refractivity contribution is 8.02. The summed E-state index contributed by atoms with van der Waals surface area (Å²) in [6, 6.07) is 4.54. The van der Waals surface area contributed by atoms with Crippen molar-refractivity contribution in [3.63, 3.8) is 0 Å². The molecular weight excluding hydrogens is 514 g/mol. The van der Waals surface area contributed by atoms with Crippen molar-refractivity contribution < 1.29 is 24.3 Å². The standard InChI is InChI=1S/C20H19N7O5S3/c1-2-32-25-12(15-24-20(21)35-26-15)16(28)23-13-17(29)27-14(19(30)31)10(9-34-18(13)27)6-8-33-11-5-3-4-7-22-11/h3-8,13,18H,2,9H2,1H3,(H,23,28)(H,30,31)(H2,21,24,26)/b8-6+,25-12+. The molecule has 12 nitrogen and oxygen atoms in total. The monoisotopic (exact) mass is 533 g/mol. The molecule has 2 aliphatic heterocycles. The van der Waals surface area contributed by atoms with Crippen LogP contribution < -0.4 is 11.1 Å². The Morgan fingerprint density at radius 3 is 2.94 bits per heavy atom. The molecule has 182 valence electrons. The van der Waals surface area contributed by atoms with Crippen molar-refractivity contribution in [2.24, 2.45) is 5.16 Å². The molecule has 2 unspecified atom stereocenters. The number of carboxylic acid groups (broad SMARTS) is 1. The van der Waals surface area contributed by atoms with E-state index in [9.17, 15) is 19.5 Å². The average molecular weight is 534 g/mol. The molecule has 0 spiro atoms. The summed E-state index contributed by atoms with van der Waals surface area (Å²) in [5, 5.41) is 18.2. The first-order chi connectivity index (χ1) is 16.9. The number of hydrogen-bond donors (Lipinski definition) is 3. The second-order valence-electron chi connectivity index (χ2n) is 6.94. The topological polar surface area (TPSA) is 173 Å². The Balaban J connectivity index is 1.49. The number of aliphatic carboxylic acids is 1. The molecule has 2 amide bonds. The summed E-state index contributed by atoms with van der Waals surface area (Å²) in [6.45, 7) is 1.89. The van der Waals surface area contributed by atoms with Crippen molar-refractivity contribution >= 4 is 63.7 Å². The molecule has 0 aliphatic carbocycles. The number of carbonyl (C=O) groups is 3. The molecule has 35 heavy (non-hydrogen) atoms. The minimum absolute atomic E-state index is 0.0256. The van der Waals surface area contributed by atoms with Crippen LogP contribution in [0.2, 0.25) is 0 Å². The number of amides is 2. The third kappa shape index (κ3) is 5.31. The van der Waals surface area contributed by atoms with Crippen molar-refractivity contribution in [3.8, 4) is 0 Å². The number of pyridine rings is 1. The van der Waals surface area contributed by atoms with E-state index in [-0.39, 0.29) is 29.0 Å². The predicted octanol–water partition coefficient (Wildman–Crippen LogP) is 1.30. The predicted molar refractivity (Wildman–Crippen MR) is 131 cm³/mol. The van der Waals surface area contributed by atoms with Gasteiger partial charge in [-0.25, -0.2) is 9.78 Å². The number of β-lactam (4-membered cyclic amide) rings is 1. The number of hydrogen-bond acceptors (Lipinski definition) is 12. The van der Waals surface area contributed by atoms with E-state index in [0.717, 1.165) is 16.6 Å². The summed E-state index contributed by atoms with van der Waals surface area (Å²) in [4.78, 5) is 52.1. The van der Waals surface area contributed by atoms with Gasteiger partial charge in [-0.05, 0) is 36.1 Å².